The molecule has 0 amide bonds. The molecule has 1 saturated heterocycles. The topological polar surface area (TPSA) is 49.8 Å². The van der Waals surface area contributed by atoms with E-state index in [4.69, 9.17) is 4.74 Å². The van der Waals surface area contributed by atoms with Crippen molar-refractivity contribution in [2.24, 2.45) is 11.8 Å². The van der Waals surface area contributed by atoms with Crippen LogP contribution in [0.5, 0.6) is 0 Å². The SMILES string of the molecule is CCOC(=O)CCCCN1C[C@H]2CCC[C@@H](C1)C2O. The Labute approximate surface area is 116 Å². The molecule has 0 aromatic carbocycles. The van der Waals surface area contributed by atoms with Crippen molar-refractivity contribution in [3.63, 3.8) is 0 Å². The van der Waals surface area contributed by atoms with Gasteiger partial charge >= 0.3 is 5.97 Å². The number of piperidine rings is 1. The Balaban J connectivity index is 1.63. The minimum Gasteiger partial charge on any atom is -0.466 e. The highest BCUT2D eigenvalue weighted by atomic mass is 16.5. The summed E-state index contributed by atoms with van der Waals surface area (Å²) in [6.45, 7) is 5.45. The van der Waals surface area contributed by atoms with E-state index >= 15 is 0 Å². The summed E-state index contributed by atoms with van der Waals surface area (Å²) in [4.78, 5) is 13.7. The largest absolute Gasteiger partial charge is 0.466 e. The van der Waals surface area contributed by atoms with Gasteiger partial charge in [-0.2, -0.15) is 0 Å². The molecule has 1 unspecified atom stereocenters. The molecule has 4 nitrogen and oxygen atoms in total. The fourth-order valence-electron chi connectivity index (χ4n) is 3.53. The molecule has 2 bridgehead atoms. The summed E-state index contributed by atoms with van der Waals surface area (Å²) >= 11 is 0. The second kappa shape index (κ2) is 7.25. The van der Waals surface area contributed by atoms with Gasteiger partial charge in [-0.1, -0.05) is 6.42 Å². The highest BCUT2D eigenvalue weighted by Crippen LogP contribution is 2.34. The van der Waals surface area contributed by atoms with Crippen LogP contribution in [0.3, 0.4) is 0 Å². The number of ether oxygens (including phenoxy) is 1. The van der Waals surface area contributed by atoms with E-state index in [0.717, 1.165) is 32.5 Å². The standard InChI is InChI=1S/C15H27NO3/c1-2-19-14(17)8-3-4-9-16-10-12-6-5-7-13(11-16)15(12)18/h12-13,15,18H,2-11H2,1H3/t12-,13+,15?. The Bertz CT molecular complexity index is 281. The van der Waals surface area contributed by atoms with E-state index in [-0.39, 0.29) is 12.1 Å². The molecule has 0 aromatic heterocycles. The van der Waals surface area contributed by atoms with Gasteiger partial charge in [0.2, 0.25) is 0 Å². The van der Waals surface area contributed by atoms with Crippen molar-refractivity contribution in [3.8, 4) is 0 Å². The van der Waals surface area contributed by atoms with Gasteiger partial charge in [0.05, 0.1) is 12.7 Å². The van der Waals surface area contributed by atoms with Crippen LogP contribution >= 0.6 is 0 Å². The second-order valence-corrected chi connectivity index (χ2v) is 5.96. The summed E-state index contributed by atoms with van der Waals surface area (Å²) in [7, 11) is 0. The maximum atomic E-state index is 11.2. The zero-order chi connectivity index (χ0) is 13.7. The fourth-order valence-corrected chi connectivity index (χ4v) is 3.53. The van der Waals surface area contributed by atoms with Crippen molar-refractivity contribution in [1.29, 1.82) is 0 Å². The zero-order valence-electron chi connectivity index (χ0n) is 12.0. The van der Waals surface area contributed by atoms with Crippen LogP contribution in [0.2, 0.25) is 0 Å². The first kappa shape index (κ1) is 14.8. The van der Waals surface area contributed by atoms with Crippen LogP contribution in [-0.2, 0) is 9.53 Å². The van der Waals surface area contributed by atoms with Crippen molar-refractivity contribution < 1.29 is 14.6 Å². The maximum absolute atomic E-state index is 11.2. The summed E-state index contributed by atoms with van der Waals surface area (Å²) in [5.74, 6) is 0.892. The van der Waals surface area contributed by atoms with E-state index in [0.29, 0.717) is 24.9 Å². The molecule has 3 atom stereocenters. The van der Waals surface area contributed by atoms with Crippen LogP contribution in [0.25, 0.3) is 0 Å². The van der Waals surface area contributed by atoms with Crippen molar-refractivity contribution >= 4 is 5.97 Å². The van der Waals surface area contributed by atoms with Crippen molar-refractivity contribution in [3.05, 3.63) is 0 Å². The van der Waals surface area contributed by atoms with Crippen molar-refractivity contribution in [1.82, 2.24) is 4.90 Å². The Hall–Kier alpha value is -0.610. The second-order valence-electron chi connectivity index (χ2n) is 5.96. The molecule has 19 heavy (non-hydrogen) atoms. The number of nitrogens with zero attached hydrogens (tertiary/aromatic N) is 1. The molecule has 1 N–H and O–H groups in total. The Kier molecular flexibility index (Phi) is 5.64. The first-order valence-electron chi connectivity index (χ1n) is 7.76. The van der Waals surface area contributed by atoms with Gasteiger partial charge in [0, 0.05) is 19.5 Å². The van der Waals surface area contributed by atoms with Gasteiger partial charge < -0.3 is 14.7 Å². The Morgan fingerprint density at radius 2 is 1.95 bits per heavy atom. The van der Waals surface area contributed by atoms with Gasteiger partial charge in [-0.3, -0.25) is 4.79 Å². The number of aliphatic hydroxyl groups excluding tert-OH is 1. The number of unbranched alkanes of at least 4 members (excludes halogenated alkanes) is 1. The van der Waals surface area contributed by atoms with E-state index < -0.39 is 0 Å². The summed E-state index contributed by atoms with van der Waals surface area (Å²) in [5.41, 5.74) is 0. The zero-order valence-corrected chi connectivity index (χ0v) is 12.0. The number of rotatable bonds is 6. The Morgan fingerprint density at radius 3 is 2.58 bits per heavy atom. The normalized spacial score (nSPS) is 31.2. The van der Waals surface area contributed by atoms with Gasteiger partial charge in [0.25, 0.3) is 0 Å². The molecule has 1 aliphatic heterocycles. The summed E-state index contributed by atoms with van der Waals surface area (Å²) in [5, 5.41) is 10.1. The number of hydrogen-bond acceptors (Lipinski definition) is 4. The van der Waals surface area contributed by atoms with Crippen LogP contribution in [0, 0.1) is 11.8 Å². The molecule has 0 aromatic rings. The minimum absolute atomic E-state index is 0.0652. The lowest BCUT2D eigenvalue weighted by atomic mass is 9.75. The van der Waals surface area contributed by atoms with E-state index in [1.165, 1.54) is 19.3 Å². The van der Waals surface area contributed by atoms with Crippen LogP contribution in [0.1, 0.15) is 45.4 Å². The van der Waals surface area contributed by atoms with Gasteiger partial charge in [-0.05, 0) is 51.0 Å². The van der Waals surface area contributed by atoms with E-state index in [2.05, 4.69) is 4.90 Å². The van der Waals surface area contributed by atoms with Gasteiger partial charge in [0.1, 0.15) is 0 Å². The number of likely N-dealkylation sites (tertiary alicyclic amines) is 1. The average molecular weight is 269 g/mol. The maximum Gasteiger partial charge on any atom is 0.305 e. The third kappa shape index (κ3) is 4.18. The molecule has 1 saturated carbocycles. The minimum atomic E-state index is -0.0755. The predicted octanol–water partition coefficient (Wildman–Crippen LogP) is 1.81. The number of hydrogen-bond donors (Lipinski definition) is 1. The van der Waals surface area contributed by atoms with Crippen LogP contribution in [-0.4, -0.2) is 48.3 Å². The lowest BCUT2D eigenvalue weighted by molar-refractivity contribution is -0.143. The van der Waals surface area contributed by atoms with Crippen molar-refractivity contribution in [2.45, 2.75) is 51.6 Å². The molecule has 110 valence electrons. The highest BCUT2D eigenvalue weighted by Gasteiger charge is 2.37. The number of carbonyl (C=O) groups is 1. The number of fused-ring (bicyclic) bond motifs is 2. The third-order valence-corrected chi connectivity index (χ3v) is 4.51. The van der Waals surface area contributed by atoms with Crippen LogP contribution < -0.4 is 0 Å². The first-order chi connectivity index (χ1) is 9.20. The summed E-state index contributed by atoms with van der Waals surface area (Å²) in [6.07, 6.45) is 6.07. The molecule has 2 fully saturated rings. The van der Waals surface area contributed by atoms with Gasteiger partial charge in [0.15, 0.2) is 0 Å². The lowest BCUT2D eigenvalue weighted by Gasteiger charge is -2.45. The molecule has 4 heteroatoms. The van der Waals surface area contributed by atoms with Crippen molar-refractivity contribution in [2.75, 3.05) is 26.2 Å². The lowest BCUT2D eigenvalue weighted by Crippen LogP contribution is -2.51. The average Bonchev–Trinajstić information content (AvgIpc) is 2.36. The molecule has 0 spiro atoms. The molecule has 2 rings (SSSR count). The van der Waals surface area contributed by atoms with Crippen LogP contribution in [0.4, 0.5) is 0 Å². The van der Waals surface area contributed by atoms with E-state index in [1.807, 2.05) is 6.92 Å². The Morgan fingerprint density at radius 1 is 1.26 bits per heavy atom. The molecule has 1 aliphatic carbocycles. The number of carbonyl (C=O) groups excluding carboxylic acids is 1. The third-order valence-electron chi connectivity index (χ3n) is 4.51. The summed E-state index contributed by atoms with van der Waals surface area (Å²) in [6, 6.07) is 0. The molecule has 2 aliphatic rings. The number of esters is 1. The van der Waals surface area contributed by atoms with E-state index in [9.17, 15) is 9.90 Å². The van der Waals surface area contributed by atoms with Crippen LogP contribution in [0.15, 0.2) is 0 Å². The van der Waals surface area contributed by atoms with E-state index in [1.54, 1.807) is 0 Å². The molecular weight excluding hydrogens is 242 g/mol. The smallest absolute Gasteiger partial charge is 0.305 e. The number of aliphatic hydroxyl groups is 1. The first-order valence-corrected chi connectivity index (χ1v) is 7.76. The molecular formula is C15H27NO3. The van der Waals surface area contributed by atoms with Gasteiger partial charge in [-0.15, -0.1) is 0 Å². The fraction of sp³-hybridized carbons (Fsp3) is 0.933. The van der Waals surface area contributed by atoms with Gasteiger partial charge in [-0.25, -0.2) is 0 Å². The predicted molar refractivity (Wildman–Crippen MR) is 73.8 cm³/mol. The highest BCUT2D eigenvalue weighted by molar-refractivity contribution is 5.69. The monoisotopic (exact) mass is 269 g/mol. The molecule has 0 radical (unpaired) electrons. The summed E-state index contributed by atoms with van der Waals surface area (Å²) < 4.78 is 4.92. The molecule has 1 heterocycles. The quantitative estimate of drug-likeness (QED) is 0.590.